The highest BCUT2D eigenvalue weighted by molar-refractivity contribution is 5.17. The van der Waals surface area contributed by atoms with Gasteiger partial charge in [-0.05, 0) is 19.4 Å². The highest BCUT2D eigenvalue weighted by Gasteiger charge is 2.56. The molecule has 2 aromatic rings. The van der Waals surface area contributed by atoms with Gasteiger partial charge in [-0.1, -0.05) is 60.7 Å². The third-order valence-electron chi connectivity index (χ3n) is 7.39. The molecule has 4 heterocycles. The van der Waals surface area contributed by atoms with Gasteiger partial charge in [0.25, 0.3) is 0 Å². The summed E-state index contributed by atoms with van der Waals surface area (Å²) in [6.45, 7) is 4.15. The van der Waals surface area contributed by atoms with Crippen LogP contribution in [0.4, 0.5) is 0 Å². The lowest BCUT2D eigenvalue weighted by molar-refractivity contribution is -0.337. The van der Waals surface area contributed by atoms with Gasteiger partial charge in [0.1, 0.15) is 36.6 Å². The highest BCUT2D eigenvalue weighted by atomic mass is 16.8. The third kappa shape index (κ3) is 5.21. The standard InChI is InChI=1S/C28H34O9/c1-28(2)36-25-22(30)19(34-27(25)37-28)13-18-21(29)24(31-14-16-9-5-3-6-10-16)23-20(33-18)15-32-26(35-23)17-11-7-4-8-12-17/h3-12,18-27,29-30H,13-15H2,1-2H3/t18-,19+,20+,21-,22-,23+,24+,25+,26+,27+/m0/s1. The monoisotopic (exact) mass is 514 g/mol. The van der Waals surface area contributed by atoms with E-state index in [4.69, 9.17) is 33.2 Å². The Morgan fingerprint density at radius 3 is 2.27 bits per heavy atom. The fraction of sp³-hybridized carbons (Fsp3) is 0.571. The van der Waals surface area contributed by atoms with E-state index in [2.05, 4.69) is 0 Å². The smallest absolute Gasteiger partial charge is 0.190 e. The summed E-state index contributed by atoms with van der Waals surface area (Å²) in [5.74, 6) is -0.822. The predicted octanol–water partition coefficient (Wildman–Crippen LogP) is 2.44. The Kier molecular flexibility index (Phi) is 7.08. The maximum Gasteiger partial charge on any atom is 0.190 e. The molecule has 0 amide bonds. The molecular weight excluding hydrogens is 480 g/mol. The molecule has 0 unspecified atom stereocenters. The van der Waals surface area contributed by atoms with Crippen molar-refractivity contribution in [2.75, 3.05) is 6.61 Å². The summed E-state index contributed by atoms with van der Waals surface area (Å²) in [7, 11) is 0. The highest BCUT2D eigenvalue weighted by Crippen LogP contribution is 2.41. The number of rotatable bonds is 6. The van der Waals surface area contributed by atoms with E-state index in [0.717, 1.165) is 11.1 Å². The molecule has 0 bridgehead atoms. The van der Waals surface area contributed by atoms with Crippen LogP contribution in [-0.2, 0) is 39.8 Å². The molecule has 4 fully saturated rings. The maximum atomic E-state index is 11.5. The van der Waals surface area contributed by atoms with Crippen molar-refractivity contribution in [1.29, 1.82) is 0 Å². The second kappa shape index (κ2) is 10.3. The van der Waals surface area contributed by atoms with Crippen LogP contribution in [0.15, 0.2) is 60.7 Å². The maximum absolute atomic E-state index is 11.5. The van der Waals surface area contributed by atoms with Crippen LogP contribution >= 0.6 is 0 Å². The first-order chi connectivity index (χ1) is 17.9. The van der Waals surface area contributed by atoms with Crippen molar-refractivity contribution in [3.05, 3.63) is 71.8 Å². The second-order valence-corrected chi connectivity index (χ2v) is 10.5. The van der Waals surface area contributed by atoms with Gasteiger partial charge < -0.3 is 43.4 Å². The molecule has 200 valence electrons. The Morgan fingerprint density at radius 2 is 1.54 bits per heavy atom. The van der Waals surface area contributed by atoms with Crippen molar-refractivity contribution in [3.63, 3.8) is 0 Å². The van der Waals surface area contributed by atoms with Crippen molar-refractivity contribution < 1.29 is 43.4 Å². The number of fused-ring (bicyclic) bond motifs is 2. The average molecular weight is 515 g/mol. The minimum atomic E-state index is -1.02. The van der Waals surface area contributed by atoms with Crippen molar-refractivity contribution >= 4 is 0 Å². The molecule has 10 atom stereocenters. The Balaban J connectivity index is 1.18. The molecule has 2 aromatic carbocycles. The summed E-state index contributed by atoms with van der Waals surface area (Å²) in [5.41, 5.74) is 1.87. The molecule has 9 heteroatoms. The number of aliphatic hydroxyl groups is 2. The first-order valence-electron chi connectivity index (χ1n) is 12.9. The first kappa shape index (κ1) is 25.4. The van der Waals surface area contributed by atoms with Crippen molar-refractivity contribution in [1.82, 2.24) is 0 Å². The Hall–Kier alpha value is -1.92. The van der Waals surface area contributed by atoms with Crippen LogP contribution in [0.3, 0.4) is 0 Å². The Morgan fingerprint density at radius 1 is 0.838 bits per heavy atom. The largest absolute Gasteiger partial charge is 0.388 e. The molecule has 9 nitrogen and oxygen atoms in total. The van der Waals surface area contributed by atoms with Gasteiger partial charge in [0.15, 0.2) is 18.4 Å². The average Bonchev–Trinajstić information content (AvgIpc) is 3.36. The number of hydrogen-bond acceptors (Lipinski definition) is 9. The lowest BCUT2D eigenvalue weighted by Crippen LogP contribution is -2.63. The van der Waals surface area contributed by atoms with Gasteiger partial charge in [-0.2, -0.15) is 0 Å². The zero-order valence-electron chi connectivity index (χ0n) is 20.9. The molecule has 37 heavy (non-hydrogen) atoms. The van der Waals surface area contributed by atoms with Gasteiger partial charge in [-0.3, -0.25) is 0 Å². The summed E-state index contributed by atoms with van der Waals surface area (Å²) < 4.78 is 42.4. The van der Waals surface area contributed by atoms with Gasteiger partial charge in [-0.25, -0.2) is 0 Å². The molecule has 2 N–H and O–H groups in total. The van der Waals surface area contributed by atoms with Gasteiger partial charge in [-0.15, -0.1) is 0 Å². The Bertz CT molecular complexity index is 1030. The van der Waals surface area contributed by atoms with E-state index in [1.54, 1.807) is 13.8 Å². The normalized spacial score (nSPS) is 40.8. The molecule has 4 aliphatic rings. The van der Waals surface area contributed by atoms with E-state index >= 15 is 0 Å². The van der Waals surface area contributed by atoms with Crippen LogP contribution in [0.1, 0.15) is 37.7 Å². The lowest BCUT2D eigenvalue weighted by Gasteiger charge is -2.48. The van der Waals surface area contributed by atoms with Crippen molar-refractivity contribution in [2.24, 2.45) is 0 Å². The number of ether oxygens (including phenoxy) is 7. The number of aliphatic hydroxyl groups excluding tert-OH is 2. The van der Waals surface area contributed by atoms with Gasteiger partial charge in [0, 0.05) is 12.0 Å². The Labute approximate surface area is 216 Å². The van der Waals surface area contributed by atoms with E-state index in [1.165, 1.54) is 0 Å². The van der Waals surface area contributed by atoms with Gasteiger partial charge in [0.2, 0.25) is 0 Å². The van der Waals surface area contributed by atoms with Gasteiger partial charge >= 0.3 is 0 Å². The van der Waals surface area contributed by atoms with Crippen LogP contribution < -0.4 is 0 Å². The fourth-order valence-electron chi connectivity index (χ4n) is 5.59. The SMILES string of the molecule is CC1(C)O[C@H]2O[C@H](C[C@@H]3O[C@@H]4CO[C@@H](c5ccccc5)O[C@H]4[C@H](OCc4ccccc4)[C@H]3O)[C@H](O)[C@H]2O1. The quantitative estimate of drug-likeness (QED) is 0.601. The van der Waals surface area contributed by atoms with Crippen molar-refractivity contribution in [2.45, 2.75) is 94.1 Å². The molecule has 0 aromatic heterocycles. The van der Waals surface area contributed by atoms with E-state index in [0.29, 0.717) is 6.61 Å². The predicted molar refractivity (Wildman–Crippen MR) is 129 cm³/mol. The summed E-state index contributed by atoms with van der Waals surface area (Å²) in [4.78, 5) is 0. The second-order valence-electron chi connectivity index (χ2n) is 10.5. The van der Waals surface area contributed by atoms with Crippen molar-refractivity contribution in [3.8, 4) is 0 Å². The van der Waals surface area contributed by atoms with Crippen LogP contribution in [0, 0.1) is 0 Å². The summed E-state index contributed by atoms with van der Waals surface area (Å²) >= 11 is 0. The molecule has 4 saturated heterocycles. The van der Waals surface area contributed by atoms with Crippen LogP contribution in [-0.4, -0.2) is 77.7 Å². The molecule has 0 aliphatic carbocycles. The van der Waals surface area contributed by atoms with E-state index < -0.39 is 67.2 Å². The summed E-state index contributed by atoms with van der Waals surface area (Å²) in [5, 5.41) is 22.3. The molecule has 4 aliphatic heterocycles. The topological polar surface area (TPSA) is 105 Å². The summed E-state index contributed by atoms with van der Waals surface area (Å²) in [6.07, 6.45) is -6.52. The van der Waals surface area contributed by atoms with Crippen LogP contribution in [0.2, 0.25) is 0 Å². The van der Waals surface area contributed by atoms with Crippen LogP contribution in [0.25, 0.3) is 0 Å². The first-order valence-corrected chi connectivity index (χ1v) is 12.9. The minimum Gasteiger partial charge on any atom is -0.388 e. The van der Waals surface area contributed by atoms with E-state index in [-0.39, 0.29) is 13.0 Å². The van der Waals surface area contributed by atoms with Crippen LogP contribution in [0.5, 0.6) is 0 Å². The lowest BCUT2D eigenvalue weighted by atomic mass is 9.90. The van der Waals surface area contributed by atoms with E-state index in [1.807, 2.05) is 60.7 Å². The molecular formula is C28H34O9. The summed E-state index contributed by atoms with van der Waals surface area (Å²) in [6, 6.07) is 19.5. The fourth-order valence-corrected chi connectivity index (χ4v) is 5.59. The third-order valence-corrected chi connectivity index (χ3v) is 7.39. The number of benzene rings is 2. The zero-order chi connectivity index (χ0) is 25.6. The molecule has 0 radical (unpaired) electrons. The minimum absolute atomic E-state index is 0.235. The zero-order valence-corrected chi connectivity index (χ0v) is 20.9. The molecule has 6 rings (SSSR count). The van der Waals surface area contributed by atoms with E-state index in [9.17, 15) is 10.2 Å². The molecule has 0 spiro atoms. The molecule has 0 saturated carbocycles. The number of hydrogen-bond donors (Lipinski definition) is 2. The van der Waals surface area contributed by atoms with Gasteiger partial charge in [0.05, 0.1) is 25.4 Å².